The summed E-state index contributed by atoms with van der Waals surface area (Å²) in [6, 6.07) is 12.7. The summed E-state index contributed by atoms with van der Waals surface area (Å²) in [5.74, 6) is 2.01. The third kappa shape index (κ3) is 3.51. The number of hydrogen-bond donors (Lipinski definition) is 1. The van der Waals surface area contributed by atoms with Gasteiger partial charge in [0.1, 0.15) is 5.75 Å². The maximum Gasteiger partial charge on any atom is 0.124 e. The summed E-state index contributed by atoms with van der Waals surface area (Å²) in [5, 5.41) is 2.45. The van der Waals surface area contributed by atoms with Crippen molar-refractivity contribution in [3.05, 3.63) is 42.0 Å². The highest BCUT2D eigenvalue weighted by atomic mass is 32.2. The molecule has 1 unspecified atom stereocenters. The minimum absolute atomic E-state index is 0.165. The average Bonchev–Trinajstić information content (AvgIpc) is 2.53. The first kappa shape index (κ1) is 16.1. The number of hydrogen-bond acceptors (Lipinski definition) is 4. The van der Waals surface area contributed by atoms with E-state index in [1.54, 1.807) is 7.11 Å². The molecule has 0 aliphatic carbocycles. The van der Waals surface area contributed by atoms with Gasteiger partial charge in [0.15, 0.2) is 0 Å². The first-order chi connectivity index (χ1) is 10.2. The lowest BCUT2D eigenvalue weighted by atomic mass is 9.96. The first-order valence-corrected chi connectivity index (χ1v) is 8.57. The second-order valence-electron chi connectivity index (χ2n) is 5.13. The van der Waals surface area contributed by atoms with Crippen molar-refractivity contribution in [3.8, 4) is 5.75 Å². The molecule has 0 radical (unpaired) electrons. The zero-order valence-electron chi connectivity index (χ0n) is 13.0. The Labute approximate surface area is 131 Å². The Hall–Kier alpha value is -1.23. The molecule has 2 rings (SSSR count). The highest BCUT2D eigenvalue weighted by Gasteiger charge is 2.21. The highest BCUT2D eigenvalue weighted by molar-refractivity contribution is 7.98. The molecule has 0 heterocycles. The standard InChI is InChI=1S/C17H24N2OS/c1-19(10-11-21-3)15(12-18)17-14-7-5-4-6-13(14)8-9-16(17)20-2/h4-9,15H,10-12,18H2,1-3H3. The van der Waals surface area contributed by atoms with Crippen LogP contribution in [0.5, 0.6) is 5.75 Å². The van der Waals surface area contributed by atoms with E-state index >= 15 is 0 Å². The van der Waals surface area contributed by atoms with Crippen molar-refractivity contribution >= 4 is 22.5 Å². The molecular weight excluding hydrogens is 280 g/mol. The molecule has 0 aliphatic rings. The Balaban J connectivity index is 2.50. The smallest absolute Gasteiger partial charge is 0.124 e. The van der Waals surface area contributed by atoms with Gasteiger partial charge in [-0.1, -0.05) is 30.3 Å². The van der Waals surface area contributed by atoms with Crippen molar-refractivity contribution in [2.45, 2.75) is 6.04 Å². The molecule has 0 fully saturated rings. The van der Waals surface area contributed by atoms with E-state index in [-0.39, 0.29) is 6.04 Å². The number of thioether (sulfide) groups is 1. The van der Waals surface area contributed by atoms with E-state index in [9.17, 15) is 0 Å². The number of fused-ring (bicyclic) bond motifs is 1. The van der Waals surface area contributed by atoms with E-state index in [0.717, 1.165) is 18.0 Å². The van der Waals surface area contributed by atoms with Crippen LogP contribution < -0.4 is 10.5 Å². The van der Waals surface area contributed by atoms with Crippen LogP contribution in [0.3, 0.4) is 0 Å². The van der Waals surface area contributed by atoms with E-state index in [2.05, 4.69) is 48.5 Å². The van der Waals surface area contributed by atoms with Gasteiger partial charge in [0.05, 0.1) is 13.2 Å². The van der Waals surface area contributed by atoms with Gasteiger partial charge in [-0.3, -0.25) is 4.90 Å². The highest BCUT2D eigenvalue weighted by Crippen LogP contribution is 2.35. The third-order valence-corrected chi connectivity index (χ3v) is 4.48. The number of nitrogens with two attached hydrogens (primary N) is 1. The molecule has 0 aliphatic heterocycles. The van der Waals surface area contributed by atoms with Crippen LogP contribution in [0.25, 0.3) is 10.8 Å². The quantitative estimate of drug-likeness (QED) is 0.853. The van der Waals surface area contributed by atoms with Crippen molar-refractivity contribution in [1.29, 1.82) is 0 Å². The Kier molecular flexibility index (Phi) is 5.91. The predicted molar refractivity (Wildman–Crippen MR) is 93.3 cm³/mol. The molecule has 2 aromatic rings. The molecule has 2 aromatic carbocycles. The lowest BCUT2D eigenvalue weighted by Crippen LogP contribution is -2.32. The zero-order valence-corrected chi connectivity index (χ0v) is 13.8. The van der Waals surface area contributed by atoms with Gasteiger partial charge < -0.3 is 10.5 Å². The number of likely N-dealkylation sites (N-methyl/N-ethyl adjacent to an activating group) is 1. The van der Waals surface area contributed by atoms with Gasteiger partial charge in [-0.2, -0.15) is 11.8 Å². The molecule has 0 amide bonds. The molecule has 114 valence electrons. The predicted octanol–water partition coefficient (Wildman–Crippen LogP) is 3.14. The van der Waals surface area contributed by atoms with E-state index in [0.29, 0.717) is 6.54 Å². The van der Waals surface area contributed by atoms with Gasteiger partial charge >= 0.3 is 0 Å². The number of benzene rings is 2. The van der Waals surface area contributed by atoms with Gasteiger partial charge in [0.25, 0.3) is 0 Å². The van der Waals surface area contributed by atoms with Crippen molar-refractivity contribution < 1.29 is 4.74 Å². The number of ether oxygens (including phenoxy) is 1. The second-order valence-corrected chi connectivity index (χ2v) is 6.11. The van der Waals surface area contributed by atoms with Crippen LogP contribution in [0.15, 0.2) is 36.4 Å². The second kappa shape index (κ2) is 7.69. The Morgan fingerprint density at radius 2 is 2.00 bits per heavy atom. The van der Waals surface area contributed by atoms with Crippen LogP contribution in [-0.4, -0.2) is 44.2 Å². The monoisotopic (exact) mass is 304 g/mol. The molecule has 2 N–H and O–H groups in total. The molecule has 21 heavy (non-hydrogen) atoms. The van der Waals surface area contributed by atoms with Gasteiger partial charge in [-0.15, -0.1) is 0 Å². The summed E-state index contributed by atoms with van der Waals surface area (Å²) < 4.78 is 5.60. The minimum Gasteiger partial charge on any atom is -0.496 e. The van der Waals surface area contributed by atoms with E-state index in [4.69, 9.17) is 10.5 Å². The first-order valence-electron chi connectivity index (χ1n) is 7.17. The van der Waals surface area contributed by atoms with Crippen molar-refractivity contribution in [2.24, 2.45) is 5.73 Å². The molecule has 0 bridgehead atoms. The summed E-state index contributed by atoms with van der Waals surface area (Å²) in [7, 11) is 3.86. The molecule has 3 nitrogen and oxygen atoms in total. The van der Waals surface area contributed by atoms with E-state index in [1.807, 2.05) is 17.8 Å². The molecular formula is C17H24N2OS. The van der Waals surface area contributed by atoms with Gasteiger partial charge in [0, 0.05) is 24.4 Å². The van der Waals surface area contributed by atoms with Gasteiger partial charge in [-0.25, -0.2) is 0 Å². The van der Waals surface area contributed by atoms with Crippen molar-refractivity contribution in [3.63, 3.8) is 0 Å². The molecule has 0 saturated carbocycles. The van der Waals surface area contributed by atoms with Gasteiger partial charge in [0.2, 0.25) is 0 Å². The Bertz CT molecular complexity index is 588. The number of methoxy groups -OCH3 is 1. The topological polar surface area (TPSA) is 38.5 Å². The Morgan fingerprint density at radius 1 is 1.24 bits per heavy atom. The molecule has 0 saturated heterocycles. The molecule has 1 atom stereocenters. The fraction of sp³-hybridized carbons (Fsp3) is 0.412. The summed E-state index contributed by atoms with van der Waals surface area (Å²) in [4.78, 5) is 2.32. The Morgan fingerprint density at radius 3 is 2.67 bits per heavy atom. The summed E-state index contributed by atoms with van der Waals surface area (Å²) >= 11 is 1.85. The molecule has 0 spiro atoms. The number of rotatable bonds is 7. The minimum atomic E-state index is 0.165. The summed E-state index contributed by atoms with van der Waals surface area (Å²) in [6.07, 6.45) is 2.13. The maximum absolute atomic E-state index is 6.09. The van der Waals surface area contributed by atoms with Crippen LogP contribution >= 0.6 is 11.8 Å². The van der Waals surface area contributed by atoms with Crippen molar-refractivity contribution in [1.82, 2.24) is 4.90 Å². The van der Waals surface area contributed by atoms with Crippen LogP contribution in [0.4, 0.5) is 0 Å². The third-order valence-electron chi connectivity index (χ3n) is 3.89. The SMILES string of the molecule is COc1ccc2ccccc2c1C(CN)N(C)CCSC. The largest absolute Gasteiger partial charge is 0.496 e. The van der Waals surface area contributed by atoms with Crippen LogP contribution in [0.1, 0.15) is 11.6 Å². The lowest BCUT2D eigenvalue weighted by Gasteiger charge is -2.29. The average molecular weight is 304 g/mol. The van der Waals surface area contributed by atoms with E-state index < -0.39 is 0 Å². The lowest BCUT2D eigenvalue weighted by molar-refractivity contribution is 0.260. The zero-order chi connectivity index (χ0) is 15.2. The van der Waals surface area contributed by atoms with Crippen molar-refractivity contribution in [2.75, 3.05) is 39.3 Å². The fourth-order valence-corrected chi connectivity index (χ4v) is 3.18. The fourth-order valence-electron chi connectivity index (χ4n) is 2.71. The van der Waals surface area contributed by atoms with E-state index in [1.165, 1.54) is 16.3 Å². The van der Waals surface area contributed by atoms with Crippen LogP contribution in [0, 0.1) is 0 Å². The van der Waals surface area contributed by atoms with Gasteiger partial charge in [-0.05, 0) is 30.1 Å². The summed E-state index contributed by atoms with van der Waals surface area (Å²) in [6.45, 7) is 1.59. The van der Waals surface area contributed by atoms with Crippen LogP contribution in [-0.2, 0) is 0 Å². The summed E-state index contributed by atoms with van der Waals surface area (Å²) in [5.41, 5.74) is 7.28. The van der Waals surface area contributed by atoms with Crippen LogP contribution in [0.2, 0.25) is 0 Å². The number of nitrogens with zero attached hydrogens (tertiary/aromatic N) is 1. The molecule has 4 heteroatoms. The molecule has 0 aromatic heterocycles. The maximum atomic E-state index is 6.09. The normalized spacial score (nSPS) is 12.8.